The number of nitro groups is 1. The molecule has 3 aromatic rings. The van der Waals surface area contributed by atoms with Crippen molar-refractivity contribution in [1.29, 1.82) is 0 Å². The smallest absolute Gasteiger partial charge is 0.274 e. The van der Waals surface area contributed by atoms with Crippen molar-refractivity contribution >= 4 is 34.5 Å². The molecule has 0 fully saturated rings. The first-order chi connectivity index (χ1) is 14.6. The summed E-state index contributed by atoms with van der Waals surface area (Å²) in [6.07, 6.45) is 0.931. The Labute approximate surface area is 183 Å². The molecule has 0 aliphatic rings. The second kappa shape index (κ2) is 11.0. The normalized spacial score (nSPS) is 11.8. The molecule has 3 aromatic carbocycles. The van der Waals surface area contributed by atoms with E-state index in [4.69, 9.17) is 0 Å². The molecule has 6 nitrogen and oxygen atoms in total. The minimum absolute atomic E-state index is 0.0361. The van der Waals surface area contributed by atoms with Crippen molar-refractivity contribution < 1.29 is 9.48 Å². The van der Waals surface area contributed by atoms with Gasteiger partial charge in [0, 0.05) is 58.1 Å². The van der Waals surface area contributed by atoms with E-state index in [0.29, 0.717) is 21.9 Å². The van der Waals surface area contributed by atoms with E-state index >= 15 is 0 Å². The van der Waals surface area contributed by atoms with Gasteiger partial charge in [0.2, 0.25) is 0 Å². The molecule has 0 aromatic heterocycles. The fourth-order valence-corrected chi connectivity index (χ4v) is 4.62. The minimum atomic E-state index is -1.44. The van der Waals surface area contributed by atoms with Gasteiger partial charge in [-0.1, -0.05) is 31.2 Å². The topological polar surface area (TPSA) is 90.3 Å². The Kier molecular flexibility index (Phi) is 8.15. The number of nitrogens with one attached hydrogen (secondary N) is 2. The SMILES string of the molecule is CCCNCc1cc([S+]([O-])c2cccc(NSc3ccccc3)c2)ccc1[N+](=O)[O-]. The molecule has 0 bridgehead atoms. The number of anilines is 1. The Bertz CT molecular complexity index is 986. The van der Waals surface area contributed by atoms with Gasteiger partial charge in [-0.25, -0.2) is 0 Å². The molecule has 0 aliphatic carbocycles. The highest BCUT2D eigenvalue weighted by atomic mass is 32.2. The molecule has 1 unspecified atom stereocenters. The summed E-state index contributed by atoms with van der Waals surface area (Å²) in [5.41, 5.74) is 1.41. The van der Waals surface area contributed by atoms with Gasteiger partial charge in [-0.15, -0.1) is 0 Å². The fourth-order valence-electron chi connectivity index (χ4n) is 2.81. The molecule has 0 amide bonds. The first-order valence-electron chi connectivity index (χ1n) is 9.56. The number of benzene rings is 3. The summed E-state index contributed by atoms with van der Waals surface area (Å²) in [5.74, 6) is 0. The number of nitrogens with zero attached hydrogens (tertiary/aromatic N) is 1. The van der Waals surface area contributed by atoms with Crippen molar-refractivity contribution in [1.82, 2.24) is 5.32 Å². The van der Waals surface area contributed by atoms with E-state index in [1.54, 1.807) is 18.2 Å². The largest absolute Gasteiger partial charge is 0.606 e. The molecule has 3 rings (SSSR count). The van der Waals surface area contributed by atoms with Crippen LogP contribution in [0.4, 0.5) is 11.4 Å². The van der Waals surface area contributed by atoms with Crippen molar-refractivity contribution in [3.05, 3.63) is 88.5 Å². The van der Waals surface area contributed by atoms with E-state index in [1.807, 2.05) is 55.5 Å². The lowest BCUT2D eigenvalue weighted by Crippen LogP contribution is -2.15. The summed E-state index contributed by atoms with van der Waals surface area (Å²) >= 11 is 0.0325. The van der Waals surface area contributed by atoms with Gasteiger partial charge in [-0.05, 0) is 49.2 Å². The molecular formula is C22H23N3O3S2. The maximum atomic E-state index is 13.1. The predicted molar refractivity (Wildman–Crippen MR) is 122 cm³/mol. The molecule has 156 valence electrons. The van der Waals surface area contributed by atoms with Gasteiger partial charge >= 0.3 is 0 Å². The van der Waals surface area contributed by atoms with E-state index in [2.05, 4.69) is 10.0 Å². The average Bonchev–Trinajstić information content (AvgIpc) is 2.78. The van der Waals surface area contributed by atoms with Crippen molar-refractivity contribution in [3.8, 4) is 0 Å². The number of nitro benzene ring substituents is 1. The first kappa shape index (κ1) is 22.2. The van der Waals surface area contributed by atoms with Gasteiger partial charge in [0.05, 0.1) is 4.92 Å². The van der Waals surface area contributed by atoms with E-state index in [-0.39, 0.29) is 5.69 Å². The monoisotopic (exact) mass is 441 g/mol. The van der Waals surface area contributed by atoms with Crippen molar-refractivity contribution in [2.45, 2.75) is 34.6 Å². The molecule has 0 spiro atoms. The Morgan fingerprint density at radius 2 is 1.77 bits per heavy atom. The summed E-state index contributed by atoms with van der Waals surface area (Å²) in [6.45, 7) is 3.16. The second-order valence-corrected chi connectivity index (χ2v) is 8.90. The van der Waals surface area contributed by atoms with Crippen LogP contribution in [0.15, 0.2) is 87.5 Å². The van der Waals surface area contributed by atoms with Crippen LogP contribution < -0.4 is 10.0 Å². The second-order valence-electron chi connectivity index (χ2n) is 6.54. The van der Waals surface area contributed by atoms with E-state index < -0.39 is 16.1 Å². The molecule has 1 atom stereocenters. The predicted octanol–water partition coefficient (Wildman–Crippen LogP) is 5.38. The molecule has 0 heterocycles. The van der Waals surface area contributed by atoms with Crippen LogP contribution in [0.2, 0.25) is 0 Å². The van der Waals surface area contributed by atoms with Gasteiger partial charge < -0.3 is 14.6 Å². The fraction of sp³-hybridized carbons (Fsp3) is 0.182. The summed E-state index contributed by atoms with van der Waals surface area (Å²) in [4.78, 5) is 13.2. The zero-order chi connectivity index (χ0) is 21.3. The van der Waals surface area contributed by atoms with E-state index in [1.165, 1.54) is 18.0 Å². The van der Waals surface area contributed by atoms with Gasteiger partial charge in [0.15, 0.2) is 9.79 Å². The van der Waals surface area contributed by atoms with Crippen molar-refractivity contribution in [2.75, 3.05) is 11.3 Å². The molecule has 0 saturated carbocycles. The summed E-state index contributed by atoms with van der Waals surface area (Å²) in [5, 5.41) is 14.5. The zero-order valence-electron chi connectivity index (χ0n) is 16.5. The Morgan fingerprint density at radius 1 is 1.00 bits per heavy atom. The molecule has 2 N–H and O–H groups in total. The molecule has 8 heteroatoms. The first-order valence-corrected chi connectivity index (χ1v) is 11.5. The summed E-state index contributed by atoms with van der Waals surface area (Å²) < 4.78 is 16.4. The third-order valence-electron chi connectivity index (χ3n) is 4.28. The van der Waals surface area contributed by atoms with Gasteiger partial charge in [0.1, 0.15) is 0 Å². The Hall–Kier alpha value is -2.52. The van der Waals surface area contributed by atoms with Crippen LogP contribution in [0.5, 0.6) is 0 Å². The molecule has 0 radical (unpaired) electrons. The van der Waals surface area contributed by atoms with Crippen LogP contribution in [0.25, 0.3) is 0 Å². The third-order valence-corrected chi connectivity index (χ3v) is 6.49. The zero-order valence-corrected chi connectivity index (χ0v) is 18.2. The highest BCUT2D eigenvalue weighted by molar-refractivity contribution is 8.00. The van der Waals surface area contributed by atoms with Crippen LogP contribution in [0.3, 0.4) is 0 Å². The van der Waals surface area contributed by atoms with Gasteiger partial charge in [0.25, 0.3) is 5.69 Å². The number of rotatable bonds is 10. The lowest BCUT2D eigenvalue weighted by molar-refractivity contribution is -0.385. The molecule has 30 heavy (non-hydrogen) atoms. The lowest BCUT2D eigenvalue weighted by atomic mass is 10.2. The molecule has 0 aliphatic heterocycles. The standard InChI is InChI=1S/C22H23N3O3S2/c1-2-13-23-16-17-14-21(11-12-22(17)25(26)27)30(28)20-10-6-7-18(15-20)24-29-19-8-4-3-5-9-19/h3-12,14-15,23-24H,2,13,16H2,1H3. The molecule has 0 saturated heterocycles. The van der Waals surface area contributed by atoms with Crippen molar-refractivity contribution in [2.24, 2.45) is 0 Å². The van der Waals surface area contributed by atoms with Gasteiger partial charge in [-0.2, -0.15) is 0 Å². The quantitative estimate of drug-likeness (QED) is 0.144. The highest BCUT2D eigenvalue weighted by Gasteiger charge is 2.21. The average molecular weight is 442 g/mol. The maximum Gasteiger partial charge on any atom is 0.274 e. The van der Waals surface area contributed by atoms with E-state index in [9.17, 15) is 14.7 Å². The Morgan fingerprint density at radius 3 is 2.50 bits per heavy atom. The van der Waals surface area contributed by atoms with Crippen LogP contribution in [0, 0.1) is 10.1 Å². The lowest BCUT2D eigenvalue weighted by Gasteiger charge is -2.13. The summed E-state index contributed by atoms with van der Waals surface area (Å²) in [7, 11) is 0. The van der Waals surface area contributed by atoms with Crippen molar-refractivity contribution in [3.63, 3.8) is 0 Å². The van der Waals surface area contributed by atoms with Gasteiger partial charge in [-0.3, -0.25) is 10.1 Å². The summed E-state index contributed by atoms with van der Waals surface area (Å²) in [6, 6.07) is 22.0. The molecular weight excluding hydrogens is 418 g/mol. The van der Waals surface area contributed by atoms with Crippen LogP contribution >= 0.6 is 11.9 Å². The third kappa shape index (κ3) is 5.99. The van der Waals surface area contributed by atoms with Crippen LogP contribution in [0.1, 0.15) is 18.9 Å². The minimum Gasteiger partial charge on any atom is -0.606 e. The maximum absolute atomic E-state index is 13.1. The van der Waals surface area contributed by atoms with Crippen LogP contribution in [-0.2, 0) is 17.7 Å². The highest BCUT2D eigenvalue weighted by Crippen LogP contribution is 2.29. The number of hydrogen-bond acceptors (Lipinski definition) is 6. The Balaban J connectivity index is 1.77. The van der Waals surface area contributed by atoms with E-state index in [0.717, 1.165) is 23.5 Å². The number of hydrogen-bond donors (Lipinski definition) is 2. The van der Waals surface area contributed by atoms with Crippen LogP contribution in [-0.4, -0.2) is 16.0 Å².